The van der Waals surface area contributed by atoms with Crippen LogP contribution in [0.4, 0.5) is 0 Å². The Morgan fingerprint density at radius 3 is 2.74 bits per heavy atom. The van der Waals surface area contributed by atoms with Crippen molar-refractivity contribution in [3.05, 3.63) is 41.9 Å². The predicted molar refractivity (Wildman–Crippen MR) is 70.4 cm³/mol. The van der Waals surface area contributed by atoms with Crippen LogP contribution in [0.2, 0.25) is 0 Å². The van der Waals surface area contributed by atoms with Gasteiger partial charge in [0.1, 0.15) is 12.1 Å². The number of nitrogens with zero attached hydrogens (tertiary/aromatic N) is 2. The summed E-state index contributed by atoms with van der Waals surface area (Å²) in [5.74, 6) is -0.415. The van der Waals surface area contributed by atoms with E-state index in [1.165, 1.54) is 12.4 Å². The van der Waals surface area contributed by atoms with E-state index in [1.807, 2.05) is 25.1 Å². The van der Waals surface area contributed by atoms with Gasteiger partial charge in [0.15, 0.2) is 5.69 Å². The molecule has 0 aliphatic carbocycles. The summed E-state index contributed by atoms with van der Waals surface area (Å²) in [6.07, 6.45) is 2.13. The summed E-state index contributed by atoms with van der Waals surface area (Å²) in [6.45, 7) is 2.05. The van der Waals surface area contributed by atoms with Gasteiger partial charge in [0.2, 0.25) is 0 Å². The zero-order chi connectivity index (χ0) is 13.8. The number of benzene rings is 1. The first-order chi connectivity index (χ1) is 9.15. The molecule has 19 heavy (non-hydrogen) atoms. The lowest BCUT2D eigenvalue weighted by Crippen LogP contribution is -2.02. The van der Waals surface area contributed by atoms with Gasteiger partial charge in [-0.05, 0) is 30.2 Å². The van der Waals surface area contributed by atoms with Gasteiger partial charge in [-0.15, -0.1) is 0 Å². The number of carboxylic acid groups (broad SMARTS) is 1. The van der Waals surface area contributed by atoms with Gasteiger partial charge in [-0.3, -0.25) is 0 Å². The van der Waals surface area contributed by atoms with Gasteiger partial charge in [-0.1, -0.05) is 13.0 Å². The molecule has 0 saturated heterocycles. The number of aromatic nitrogens is 2. The molecule has 0 radical (unpaired) electrons. The van der Waals surface area contributed by atoms with Crippen molar-refractivity contribution >= 4 is 5.97 Å². The third-order valence-electron chi connectivity index (χ3n) is 2.83. The number of aryl methyl sites for hydroxylation is 1. The molecule has 0 aliphatic heterocycles. The summed E-state index contributed by atoms with van der Waals surface area (Å²) in [5, 5.41) is 8.96. The number of ether oxygens (including phenoxy) is 1. The van der Waals surface area contributed by atoms with E-state index in [1.54, 1.807) is 7.11 Å². The second-order valence-electron chi connectivity index (χ2n) is 3.98. The molecule has 0 amide bonds. The molecule has 2 aromatic rings. The monoisotopic (exact) mass is 258 g/mol. The molecule has 0 aliphatic rings. The van der Waals surface area contributed by atoms with Gasteiger partial charge in [0.05, 0.1) is 12.8 Å². The molecule has 1 aromatic carbocycles. The smallest absolute Gasteiger partial charge is 0.354 e. The summed E-state index contributed by atoms with van der Waals surface area (Å²) < 4.78 is 5.29. The van der Waals surface area contributed by atoms with Crippen molar-refractivity contribution < 1.29 is 14.6 Å². The maximum atomic E-state index is 10.9. The fourth-order valence-corrected chi connectivity index (χ4v) is 1.80. The van der Waals surface area contributed by atoms with Gasteiger partial charge >= 0.3 is 5.97 Å². The molecule has 0 saturated carbocycles. The Hall–Kier alpha value is -2.43. The number of hydrogen-bond donors (Lipinski definition) is 1. The number of hydrogen-bond acceptors (Lipinski definition) is 4. The minimum atomic E-state index is -1.07. The number of rotatable bonds is 4. The van der Waals surface area contributed by atoms with Crippen LogP contribution in [0.15, 0.2) is 30.6 Å². The van der Waals surface area contributed by atoms with Gasteiger partial charge in [-0.2, -0.15) is 0 Å². The highest BCUT2D eigenvalue weighted by Gasteiger charge is 2.12. The van der Waals surface area contributed by atoms with E-state index in [0.717, 1.165) is 17.5 Å². The lowest BCUT2D eigenvalue weighted by molar-refractivity contribution is 0.0690. The van der Waals surface area contributed by atoms with Crippen molar-refractivity contribution in [3.63, 3.8) is 0 Å². The first-order valence-electron chi connectivity index (χ1n) is 5.88. The predicted octanol–water partition coefficient (Wildman–Crippen LogP) is 2.41. The topological polar surface area (TPSA) is 72.3 Å². The first-order valence-corrected chi connectivity index (χ1v) is 5.88. The third-order valence-corrected chi connectivity index (χ3v) is 2.83. The van der Waals surface area contributed by atoms with Crippen LogP contribution in [0.1, 0.15) is 23.0 Å². The molecular formula is C14H14N2O3. The minimum absolute atomic E-state index is 0.0334. The summed E-state index contributed by atoms with van der Waals surface area (Å²) in [4.78, 5) is 18.8. The lowest BCUT2D eigenvalue weighted by Gasteiger charge is -2.10. The van der Waals surface area contributed by atoms with Crippen molar-refractivity contribution in [2.24, 2.45) is 0 Å². The average Bonchev–Trinajstić information content (AvgIpc) is 2.46. The van der Waals surface area contributed by atoms with Crippen molar-refractivity contribution in [2.75, 3.05) is 7.11 Å². The fourth-order valence-electron chi connectivity index (χ4n) is 1.80. The van der Waals surface area contributed by atoms with Gasteiger partial charge in [0.25, 0.3) is 0 Å². The average molecular weight is 258 g/mol. The van der Waals surface area contributed by atoms with Crippen LogP contribution in [0, 0.1) is 0 Å². The molecule has 1 N–H and O–H groups in total. The summed E-state index contributed by atoms with van der Waals surface area (Å²) in [6, 6.07) is 7.23. The summed E-state index contributed by atoms with van der Waals surface area (Å²) in [7, 11) is 1.57. The van der Waals surface area contributed by atoms with Crippen molar-refractivity contribution in [3.8, 4) is 17.0 Å². The van der Waals surface area contributed by atoms with E-state index in [0.29, 0.717) is 11.4 Å². The van der Waals surface area contributed by atoms with E-state index in [2.05, 4.69) is 9.97 Å². The second kappa shape index (κ2) is 5.48. The number of carbonyl (C=O) groups is 1. The molecule has 1 heterocycles. The molecule has 1 aromatic heterocycles. The Labute approximate surface area is 110 Å². The van der Waals surface area contributed by atoms with E-state index >= 15 is 0 Å². The van der Waals surface area contributed by atoms with Crippen LogP contribution in [0.3, 0.4) is 0 Å². The van der Waals surface area contributed by atoms with Crippen LogP contribution < -0.4 is 4.74 Å². The number of aromatic carboxylic acids is 1. The molecule has 0 spiro atoms. The molecule has 0 unspecified atom stereocenters. The summed E-state index contributed by atoms with van der Waals surface area (Å²) in [5.41, 5.74) is 2.41. The maximum absolute atomic E-state index is 10.9. The molecule has 0 bridgehead atoms. The van der Waals surface area contributed by atoms with E-state index in [4.69, 9.17) is 9.84 Å². The Bertz CT molecular complexity index is 611. The van der Waals surface area contributed by atoms with Crippen molar-refractivity contribution in [1.82, 2.24) is 9.97 Å². The fraction of sp³-hybridized carbons (Fsp3) is 0.214. The zero-order valence-electron chi connectivity index (χ0n) is 10.8. The van der Waals surface area contributed by atoms with E-state index in [9.17, 15) is 4.79 Å². The summed E-state index contributed by atoms with van der Waals surface area (Å²) >= 11 is 0. The Morgan fingerprint density at radius 1 is 1.32 bits per heavy atom. The van der Waals surface area contributed by atoms with E-state index in [-0.39, 0.29) is 5.69 Å². The molecule has 5 heteroatoms. The largest absolute Gasteiger partial charge is 0.496 e. The second-order valence-corrected chi connectivity index (χ2v) is 3.98. The molecular weight excluding hydrogens is 244 g/mol. The van der Waals surface area contributed by atoms with Gasteiger partial charge in [-0.25, -0.2) is 14.8 Å². The zero-order valence-corrected chi connectivity index (χ0v) is 10.8. The van der Waals surface area contributed by atoms with Gasteiger partial charge < -0.3 is 9.84 Å². The van der Waals surface area contributed by atoms with Crippen LogP contribution in [-0.4, -0.2) is 28.2 Å². The van der Waals surface area contributed by atoms with Crippen LogP contribution in [0.25, 0.3) is 11.3 Å². The van der Waals surface area contributed by atoms with Gasteiger partial charge in [0, 0.05) is 5.56 Å². The maximum Gasteiger partial charge on any atom is 0.354 e. The molecule has 2 rings (SSSR count). The number of methoxy groups -OCH3 is 1. The molecule has 0 atom stereocenters. The Balaban J connectivity index is 2.56. The molecule has 98 valence electrons. The standard InChI is InChI=1S/C14H14N2O3/c1-3-9-4-5-13(19-2)10(6-9)11-7-12(14(17)18)16-8-15-11/h4-8H,3H2,1-2H3,(H,17,18). The Kier molecular flexibility index (Phi) is 3.75. The quantitative estimate of drug-likeness (QED) is 0.911. The highest BCUT2D eigenvalue weighted by molar-refractivity contribution is 5.86. The third kappa shape index (κ3) is 2.70. The lowest BCUT2D eigenvalue weighted by atomic mass is 10.0. The minimum Gasteiger partial charge on any atom is -0.496 e. The van der Waals surface area contributed by atoms with E-state index < -0.39 is 5.97 Å². The SMILES string of the molecule is CCc1ccc(OC)c(-c2cc(C(=O)O)ncn2)c1. The highest BCUT2D eigenvalue weighted by atomic mass is 16.5. The van der Waals surface area contributed by atoms with Crippen LogP contribution in [0.5, 0.6) is 5.75 Å². The van der Waals surface area contributed by atoms with Crippen LogP contribution >= 0.6 is 0 Å². The first kappa shape index (κ1) is 13.0. The van der Waals surface area contributed by atoms with Crippen LogP contribution in [-0.2, 0) is 6.42 Å². The van der Waals surface area contributed by atoms with Crippen molar-refractivity contribution in [1.29, 1.82) is 0 Å². The number of carboxylic acids is 1. The Morgan fingerprint density at radius 2 is 2.11 bits per heavy atom. The molecule has 5 nitrogen and oxygen atoms in total. The molecule has 0 fully saturated rings. The normalized spacial score (nSPS) is 10.2. The highest BCUT2D eigenvalue weighted by Crippen LogP contribution is 2.29. The van der Waals surface area contributed by atoms with Crippen molar-refractivity contribution in [2.45, 2.75) is 13.3 Å².